The molecule has 66 valence electrons. The smallest absolute Gasteiger partial charge is 0.299 e. The summed E-state index contributed by atoms with van der Waals surface area (Å²) in [4.78, 5) is 10.1. The van der Waals surface area contributed by atoms with Crippen LogP contribution in [0.1, 0.15) is 11.1 Å². The maximum atomic E-state index is 10.1. The van der Waals surface area contributed by atoms with Crippen LogP contribution < -0.4 is 5.32 Å². The molecule has 3 nitrogen and oxygen atoms in total. The molecule has 0 unspecified atom stereocenters. The van der Waals surface area contributed by atoms with Gasteiger partial charge in [-0.3, -0.25) is 4.79 Å². The highest BCUT2D eigenvalue weighted by atomic mass is 16.5. The summed E-state index contributed by atoms with van der Waals surface area (Å²) in [6.07, 6.45) is 1.81. The zero-order valence-corrected chi connectivity index (χ0v) is 6.99. The van der Waals surface area contributed by atoms with Gasteiger partial charge in [-0.1, -0.05) is 24.3 Å². The molecule has 1 aromatic carbocycles. The number of benzene rings is 1. The third-order valence-electron chi connectivity index (χ3n) is 1.97. The second-order valence-corrected chi connectivity index (χ2v) is 2.78. The van der Waals surface area contributed by atoms with E-state index in [0.717, 1.165) is 5.56 Å². The molecule has 13 heavy (non-hydrogen) atoms. The molecule has 0 spiro atoms. The van der Waals surface area contributed by atoms with E-state index in [0.29, 0.717) is 18.9 Å². The van der Waals surface area contributed by atoms with Crippen LogP contribution in [-0.2, 0) is 16.1 Å². The molecule has 1 aromatic rings. The van der Waals surface area contributed by atoms with E-state index >= 15 is 0 Å². The first-order valence-corrected chi connectivity index (χ1v) is 4.04. The molecule has 0 amide bonds. The first kappa shape index (κ1) is 7.86. The summed E-state index contributed by atoms with van der Waals surface area (Å²) in [5.41, 5.74) is 2.30. The largest absolute Gasteiger partial charge is 0.412 e. The van der Waals surface area contributed by atoms with Gasteiger partial charge in [0.2, 0.25) is 0 Å². The fraction of sp³-hybridized carbons (Fsp3) is 0.100. The van der Waals surface area contributed by atoms with E-state index in [1.807, 2.05) is 30.3 Å². The van der Waals surface area contributed by atoms with Gasteiger partial charge in [-0.2, -0.15) is 0 Å². The topological polar surface area (TPSA) is 38.3 Å². The Morgan fingerprint density at radius 3 is 3.08 bits per heavy atom. The van der Waals surface area contributed by atoms with Crippen LogP contribution in [0.3, 0.4) is 0 Å². The Balaban J connectivity index is 2.32. The summed E-state index contributed by atoms with van der Waals surface area (Å²) in [7, 11) is 0. The summed E-state index contributed by atoms with van der Waals surface area (Å²) >= 11 is 0. The summed E-state index contributed by atoms with van der Waals surface area (Å²) < 4.78 is 4.71. The van der Waals surface area contributed by atoms with Crippen molar-refractivity contribution in [2.75, 3.05) is 0 Å². The molecular weight excluding hydrogens is 166 g/mol. The third kappa shape index (κ3) is 1.54. The van der Waals surface area contributed by atoms with Gasteiger partial charge >= 0.3 is 0 Å². The second kappa shape index (κ2) is 3.31. The SMILES string of the molecule is O=COC1=Cc2ccccc2CN1. The average molecular weight is 175 g/mol. The van der Waals surface area contributed by atoms with Crippen LogP contribution in [0.5, 0.6) is 0 Å². The van der Waals surface area contributed by atoms with Gasteiger partial charge in [0.15, 0.2) is 5.88 Å². The average Bonchev–Trinajstić information content (AvgIpc) is 2.18. The Labute approximate surface area is 76.0 Å². The zero-order valence-electron chi connectivity index (χ0n) is 6.99. The lowest BCUT2D eigenvalue weighted by Gasteiger charge is -2.16. The third-order valence-corrected chi connectivity index (χ3v) is 1.97. The first-order valence-electron chi connectivity index (χ1n) is 4.04. The molecule has 0 bridgehead atoms. The molecule has 1 aliphatic rings. The van der Waals surface area contributed by atoms with Crippen LogP contribution >= 0.6 is 0 Å². The fourth-order valence-electron chi connectivity index (χ4n) is 1.34. The van der Waals surface area contributed by atoms with Crippen molar-refractivity contribution in [2.24, 2.45) is 0 Å². The van der Waals surface area contributed by atoms with Crippen LogP contribution in [0.2, 0.25) is 0 Å². The molecule has 0 saturated heterocycles. The van der Waals surface area contributed by atoms with E-state index in [1.54, 1.807) is 0 Å². The van der Waals surface area contributed by atoms with E-state index in [2.05, 4.69) is 5.32 Å². The maximum Gasteiger partial charge on any atom is 0.299 e. The molecule has 2 rings (SSSR count). The van der Waals surface area contributed by atoms with Crippen molar-refractivity contribution in [2.45, 2.75) is 6.54 Å². The van der Waals surface area contributed by atoms with E-state index < -0.39 is 0 Å². The quantitative estimate of drug-likeness (QED) is 0.688. The van der Waals surface area contributed by atoms with Crippen LogP contribution in [-0.4, -0.2) is 6.47 Å². The van der Waals surface area contributed by atoms with Crippen molar-refractivity contribution in [1.29, 1.82) is 0 Å². The highest BCUT2D eigenvalue weighted by Gasteiger charge is 2.08. The Morgan fingerprint density at radius 1 is 1.38 bits per heavy atom. The molecule has 0 saturated carbocycles. The molecule has 0 fully saturated rings. The summed E-state index contributed by atoms with van der Waals surface area (Å²) in [5, 5.41) is 2.98. The van der Waals surface area contributed by atoms with E-state index in [4.69, 9.17) is 4.74 Å². The van der Waals surface area contributed by atoms with Crippen LogP contribution in [0, 0.1) is 0 Å². The lowest BCUT2D eigenvalue weighted by Crippen LogP contribution is -2.19. The predicted molar refractivity (Wildman–Crippen MR) is 48.4 cm³/mol. The van der Waals surface area contributed by atoms with Gasteiger partial charge in [0.25, 0.3) is 6.47 Å². The summed E-state index contributed by atoms with van der Waals surface area (Å²) in [6, 6.07) is 7.97. The monoisotopic (exact) mass is 175 g/mol. The van der Waals surface area contributed by atoms with Gasteiger partial charge in [-0.25, -0.2) is 0 Å². The van der Waals surface area contributed by atoms with Crippen LogP contribution in [0.15, 0.2) is 30.1 Å². The highest BCUT2D eigenvalue weighted by molar-refractivity contribution is 5.59. The molecule has 1 heterocycles. The molecular formula is C10H9NO2. The lowest BCUT2D eigenvalue weighted by molar-refractivity contribution is -0.125. The van der Waals surface area contributed by atoms with Crippen molar-refractivity contribution >= 4 is 12.5 Å². The molecule has 0 atom stereocenters. The minimum absolute atomic E-state index is 0.423. The number of fused-ring (bicyclic) bond motifs is 1. The van der Waals surface area contributed by atoms with Crippen LogP contribution in [0.4, 0.5) is 0 Å². The van der Waals surface area contributed by atoms with Crippen molar-refractivity contribution in [3.8, 4) is 0 Å². The van der Waals surface area contributed by atoms with E-state index in [1.165, 1.54) is 5.56 Å². The first-order chi connectivity index (χ1) is 6.40. The molecule has 0 aromatic heterocycles. The number of nitrogens with one attached hydrogen (secondary N) is 1. The lowest BCUT2D eigenvalue weighted by atomic mass is 10.1. The number of hydrogen-bond donors (Lipinski definition) is 1. The fourth-order valence-corrected chi connectivity index (χ4v) is 1.34. The zero-order chi connectivity index (χ0) is 9.10. The number of hydrogen-bond acceptors (Lipinski definition) is 3. The summed E-state index contributed by atoms with van der Waals surface area (Å²) in [6.45, 7) is 1.13. The molecule has 1 N–H and O–H groups in total. The number of ether oxygens (including phenoxy) is 1. The van der Waals surface area contributed by atoms with Crippen LogP contribution in [0.25, 0.3) is 6.08 Å². The number of rotatable bonds is 2. The van der Waals surface area contributed by atoms with Gasteiger partial charge in [0.1, 0.15) is 0 Å². The van der Waals surface area contributed by atoms with Gasteiger partial charge in [0.05, 0.1) is 0 Å². The number of carbonyl (C=O) groups is 1. The van der Waals surface area contributed by atoms with Crippen molar-refractivity contribution in [1.82, 2.24) is 5.32 Å². The minimum atomic E-state index is 0.423. The van der Waals surface area contributed by atoms with Gasteiger partial charge in [-0.15, -0.1) is 0 Å². The molecule has 0 radical (unpaired) electrons. The van der Waals surface area contributed by atoms with Crippen molar-refractivity contribution in [3.63, 3.8) is 0 Å². The standard InChI is InChI=1S/C10H9NO2/c12-7-13-10-5-8-3-1-2-4-9(8)6-11-10/h1-5,7,11H,6H2. The second-order valence-electron chi connectivity index (χ2n) is 2.78. The Bertz CT molecular complexity index is 358. The molecule has 0 aliphatic carbocycles. The normalized spacial score (nSPS) is 13.7. The van der Waals surface area contributed by atoms with Crippen molar-refractivity contribution in [3.05, 3.63) is 41.3 Å². The minimum Gasteiger partial charge on any atom is -0.412 e. The van der Waals surface area contributed by atoms with Crippen molar-refractivity contribution < 1.29 is 9.53 Å². The predicted octanol–water partition coefficient (Wildman–Crippen LogP) is 1.26. The van der Waals surface area contributed by atoms with Gasteiger partial charge in [-0.05, 0) is 11.1 Å². The molecule has 3 heteroatoms. The maximum absolute atomic E-state index is 10.1. The molecule has 1 aliphatic heterocycles. The Kier molecular flexibility index (Phi) is 2.00. The van der Waals surface area contributed by atoms with Gasteiger partial charge in [0, 0.05) is 12.6 Å². The summed E-state index contributed by atoms with van der Waals surface area (Å²) in [5.74, 6) is 0.508. The van der Waals surface area contributed by atoms with E-state index in [9.17, 15) is 4.79 Å². The van der Waals surface area contributed by atoms with E-state index in [-0.39, 0.29) is 0 Å². The van der Waals surface area contributed by atoms with Gasteiger partial charge < -0.3 is 10.1 Å². The highest BCUT2D eigenvalue weighted by Crippen LogP contribution is 2.17. The Morgan fingerprint density at radius 2 is 2.23 bits per heavy atom. The number of carbonyl (C=O) groups excluding carboxylic acids is 1. The Hall–Kier alpha value is -1.77.